The Labute approximate surface area is 146 Å². The number of amides is 1. The van der Waals surface area contributed by atoms with E-state index in [1.54, 1.807) is 23.2 Å². The molecule has 132 valence electrons. The first-order valence-electron chi connectivity index (χ1n) is 7.88. The number of nitrogens with zero attached hydrogens (tertiary/aromatic N) is 3. The lowest BCUT2D eigenvalue weighted by atomic mass is 10.2. The molecule has 0 aromatic carbocycles. The lowest BCUT2D eigenvalue weighted by Crippen LogP contribution is -2.50. The average Bonchev–Trinajstić information content (AvgIpc) is 3.07. The van der Waals surface area contributed by atoms with Crippen LogP contribution < -0.4 is 4.74 Å². The quantitative estimate of drug-likeness (QED) is 0.775. The molecule has 1 atom stereocenters. The summed E-state index contributed by atoms with van der Waals surface area (Å²) in [5.74, 6) is 2.40. The van der Waals surface area contributed by atoms with Gasteiger partial charge in [0, 0.05) is 49.8 Å². The second-order valence-electron chi connectivity index (χ2n) is 5.94. The van der Waals surface area contributed by atoms with Crippen LogP contribution in [-0.4, -0.2) is 78.6 Å². The molecular weight excluding hydrogens is 350 g/mol. The van der Waals surface area contributed by atoms with Crippen LogP contribution in [0, 0.1) is 0 Å². The van der Waals surface area contributed by atoms with Crippen molar-refractivity contribution in [2.45, 2.75) is 12.5 Å². The summed E-state index contributed by atoms with van der Waals surface area (Å²) in [5, 5.41) is 0. The minimum Gasteiger partial charge on any atom is -0.473 e. The van der Waals surface area contributed by atoms with Crippen LogP contribution in [0.2, 0.25) is 0 Å². The van der Waals surface area contributed by atoms with Crippen molar-refractivity contribution in [1.82, 2.24) is 14.2 Å². The number of carbonyl (C=O) groups is 1. The van der Waals surface area contributed by atoms with Crippen LogP contribution >= 0.6 is 11.8 Å². The Bertz CT molecular complexity index is 696. The highest BCUT2D eigenvalue weighted by Crippen LogP contribution is 2.22. The summed E-state index contributed by atoms with van der Waals surface area (Å²) >= 11 is 1.86. The third-order valence-corrected chi connectivity index (χ3v) is 6.59. The number of sulfonamides is 1. The van der Waals surface area contributed by atoms with E-state index < -0.39 is 10.0 Å². The van der Waals surface area contributed by atoms with Crippen LogP contribution in [0.25, 0.3) is 0 Å². The van der Waals surface area contributed by atoms with Crippen LogP contribution in [0.15, 0.2) is 18.3 Å². The van der Waals surface area contributed by atoms with Crippen molar-refractivity contribution in [3.8, 4) is 5.88 Å². The van der Waals surface area contributed by atoms with Gasteiger partial charge in [-0.3, -0.25) is 4.79 Å². The van der Waals surface area contributed by atoms with Gasteiger partial charge in [-0.15, -0.1) is 0 Å². The summed E-state index contributed by atoms with van der Waals surface area (Å²) in [6, 6.07) is 3.34. The van der Waals surface area contributed by atoms with E-state index in [0.717, 1.165) is 17.9 Å². The summed E-state index contributed by atoms with van der Waals surface area (Å²) < 4.78 is 30.3. The summed E-state index contributed by atoms with van der Waals surface area (Å²) in [6.07, 6.45) is 3.93. The van der Waals surface area contributed by atoms with E-state index in [-0.39, 0.29) is 12.0 Å². The highest BCUT2D eigenvalue weighted by Gasteiger charge is 2.27. The fourth-order valence-electron chi connectivity index (χ4n) is 2.79. The normalized spacial score (nSPS) is 22.5. The molecule has 24 heavy (non-hydrogen) atoms. The number of aromatic nitrogens is 1. The molecule has 0 radical (unpaired) electrons. The molecular formula is C15H21N3O4S2. The number of pyridine rings is 1. The van der Waals surface area contributed by atoms with Gasteiger partial charge in [-0.25, -0.2) is 13.4 Å². The molecule has 1 amide bonds. The third-order valence-electron chi connectivity index (χ3n) is 4.15. The molecule has 1 aromatic heterocycles. The van der Waals surface area contributed by atoms with E-state index in [1.807, 2.05) is 11.8 Å². The molecule has 2 saturated heterocycles. The maximum atomic E-state index is 12.6. The Kier molecular flexibility index (Phi) is 5.31. The van der Waals surface area contributed by atoms with E-state index in [1.165, 1.54) is 10.6 Å². The number of thioether (sulfide) groups is 1. The molecule has 2 fully saturated rings. The smallest absolute Gasteiger partial charge is 0.254 e. The monoisotopic (exact) mass is 371 g/mol. The van der Waals surface area contributed by atoms with E-state index in [0.29, 0.717) is 37.6 Å². The van der Waals surface area contributed by atoms with Crippen molar-refractivity contribution in [3.63, 3.8) is 0 Å². The van der Waals surface area contributed by atoms with Gasteiger partial charge >= 0.3 is 0 Å². The van der Waals surface area contributed by atoms with Crippen molar-refractivity contribution < 1.29 is 17.9 Å². The average molecular weight is 371 g/mol. The second kappa shape index (κ2) is 7.28. The highest BCUT2D eigenvalue weighted by molar-refractivity contribution is 7.99. The van der Waals surface area contributed by atoms with Gasteiger partial charge in [-0.1, -0.05) is 0 Å². The maximum Gasteiger partial charge on any atom is 0.254 e. The number of hydrogen-bond acceptors (Lipinski definition) is 6. The minimum atomic E-state index is -3.20. The molecule has 2 aliphatic rings. The van der Waals surface area contributed by atoms with Crippen LogP contribution in [-0.2, 0) is 10.0 Å². The number of rotatable bonds is 4. The van der Waals surface area contributed by atoms with E-state index in [4.69, 9.17) is 4.74 Å². The molecule has 3 heterocycles. The Morgan fingerprint density at radius 1 is 1.33 bits per heavy atom. The molecule has 9 heteroatoms. The van der Waals surface area contributed by atoms with Crippen LogP contribution in [0.5, 0.6) is 5.88 Å². The van der Waals surface area contributed by atoms with Gasteiger partial charge in [0.25, 0.3) is 5.91 Å². The molecule has 0 saturated carbocycles. The van der Waals surface area contributed by atoms with Gasteiger partial charge in [0.2, 0.25) is 15.9 Å². The van der Waals surface area contributed by atoms with Crippen molar-refractivity contribution in [2.75, 3.05) is 43.9 Å². The largest absolute Gasteiger partial charge is 0.473 e. The van der Waals surface area contributed by atoms with E-state index >= 15 is 0 Å². The Morgan fingerprint density at radius 2 is 2.08 bits per heavy atom. The zero-order valence-electron chi connectivity index (χ0n) is 13.6. The molecule has 2 aliphatic heterocycles. The van der Waals surface area contributed by atoms with Crippen molar-refractivity contribution >= 4 is 27.7 Å². The Morgan fingerprint density at radius 3 is 2.71 bits per heavy atom. The molecule has 0 unspecified atom stereocenters. The van der Waals surface area contributed by atoms with Crippen molar-refractivity contribution in [2.24, 2.45) is 0 Å². The zero-order valence-corrected chi connectivity index (χ0v) is 15.2. The summed E-state index contributed by atoms with van der Waals surface area (Å²) in [6.45, 7) is 1.45. The molecule has 0 bridgehead atoms. The lowest BCUT2D eigenvalue weighted by molar-refractivity contribution is 0.0697. The van der Waals surface area contributed by atoms with E-state index in [9.17, 15) is 13.2 Å². The lowest BCUT2D eigenvalue weighted by Gasteiger charge is -2.33. The molecule has 7 nitrogen and oxygen atoms in total. The summed E-state index contributed by atoms with van der Waals surface area (Å²) in [5.41, 5.74) is 0.526. The number of ether oxygens (including phenoxy) is 1. The first kappa shape index (κ1) is 17.5. The van der Waals surface area contributed by atoms with Gasteiger partial charge in [0.05, 0.1) is 6.26 Å². The minimum absolute atomic E-state index is 0.115. The fourth-order valence-corrected chi connectivity index (χ4v) is 4.71. The number of hydrogen-bond donors (Lipinski definition) is 0. The van der Waals surface area contributed by atoms with Crippen molar-refractivity contribution in [1.29, 1.82) is 0 Å². The van der Waals surface area contributed by atoms with Crippen molar-refractivity contribution in [3.05, 3.63) is 23.9 Å². The molecule has 3 rings (SSSR count). The van der Waals surface area contributed by atoms with Crippen LogP contribution in [0.4, 0.5) is 0 Å². The van der Waals surface area contributed by atoms with E-state index in [2.05, 4.69) is 4.98 Å². The highest BCUT2D eigenvalue weighted by atomic mass is 32.2. The van der Waals surface area contributed by atoms with Gasteiger partial charge in [-0.2, -0.15) is 16.1 Å². The number of piperazine rings is 1. The van der Waals surface area contributed by atoms with Gasteiger partial charge in [0.1, 0.15) is 6.10 Å². The maximum absolute atomic E-state index is 12.6. The molecule has 0 N–H and O–H groups in total. The predicted octanol–water partition coefficient (Wildman–Crippen LogP) is 0.683. The van der Waals surface area contributed by atoms with Crippen LogP contribution in [0.1, 0.15) is 16.8 Å². The first-order chi connectivity index (χ1) is 11.4. The molecule has 1 aromatic rings. The SMILES string of the molecule is CS(=O)(=O)N1CCN(C(=O)c2ccnc(O[C@@H]3CCSC3)c2)CC1. The first-order valence-corrected chi connectivity index (χ1v) is 10.9. The Balaban J connectivity index is 1.63. The fraction of sp³-hybridized carbons (Fsp3) is 0.600. The predicted molar refractivity (Wildman–Crippen MR) is 92.9 cm³/mol. The zero-order chi connectivity index (χ0) is 17.2. The van der Waals surface area contributed by atoms with Gasteiger partial charge in [-0.05, 0) is 18.2 Å². The topological polar surface area (TPSA) is 79.8 Å². The van der Waals surface area contributed by atoms with Crippen LogP contribution in [0.3, 0.4) is 0 Å². The summed E-state index contributed by atoms with van der Waals surface area (Å²) in [7, 11) is -3.20. The Hall–Kier alpha value is -1.32. The van der Waals surface area contributed by atoms with Gasteiger partial charge in [0.15, 0.2) is 0 Å². The third kappa shape index (κ3) is 4.20. The second-order valence-corrected chi connectivity index (χ2v) is 9.07. The molecule has 0 aliphatic carbocycles. The molecule has 0 spiro atoms. The van der Waals surface area contributed by atoms with Gasteiger partial charge < -0.3 is 9.64 Å². The standard InChI is InChI=1S/C15H21N3O4S2/c1-24(20,21)18-7-5-17(6-8-18)15(19)12-2-4-16-14(10-12)22-13-3-9-23-11-13/h2,4,10,13H,3,5-9,11H2,1H3/t13-/m1/s1. The summed E-state index contributed by atoms with van der Waals surface area (Å²) in [4.78, 5) is 18.5. The number of carbonyl (C=O) groups excluding carboxylic acids is 1.